The molecule has 17 heavy (non-hydrogen) atoms. The Hall–Kier alpha value is -0.660. The van der Waals surface area contributed by atoms with Crippen LogP contribution in [0.2, 0.25) is 0 Å². The van der Waals surface area contributed by atoms with Gasteiger partial charge in [-0.15, -0.1) is 0 Å². The molecule has 0 aromatic rings. The lowest BCUT2D eigenvalue weighted by Gasteiger charge is -2.52. The molecule has 0 saturated heterocycles. The summed E-state index contributed by atoms with van der Waals surface area (Å²) < 4.78 is 0. The fraction of sp³-hybridized carbons (Fsp3) is 0.867. The molecule has 0 radical (unpaired) electrons. The molecule has 94 valence electrons. The molecule has 0 amide bonds. The van der Waals surface area contributed by atoms with E-state index >= 15 is 0 Å². The first kappa shape index (κ1) is 11.4. The summed E-state index contributed by atoms with van der Waals surface area (Å²) in [5.74, 6) is 1.37. The number of Topliss-reactive ketones (excluding diaryl/α,β-unsaturated/α-hetero) is 2. The highest BCUT2D eigenvalue weighted by atomic mass is 16.1. The van der Waals surface area contributed by atoms with Gasteiger partial charge in [-0.2, -0.15) is 0 Å². The lowest BCUT2D eigenvalue weighted by atomic mass is 9.50. The Balaban J connectivity index is 2.06. The van der Waals surface area contributed by atoms with E-state index < -0.39 is 0 Å². The molecule has 3 atom stereocenters. The molecule has 0 aromatic carbocycles. The molecule has 0 aromatic heterocycles. The molecule has 0 N–H and O–H groups in total. The molecule has 3 fully saturated rings. The third-order valence-corrected chi connectivity index (χ3v) is 5.94. The quantitative estimate of drug-likeness (QED) is 0.645. The van der Waals surface area contributed by atoms with Crippen LogP contribution in [0.4, 0.5) is 0 Å². The van der Waals surface area contributed by atoms with Crippen LogP contribution >= 0.6 is 0 Å². The smallest absolute Gasteiger partial charge is 0.139 e. The van der Waals surface area contributed by atoms with Gasteiger partial charge in [0.15, 0.2) is 0 Å². The Morgan fingerprint density at radius 1 is 1.06 bits per heavy atom. The molecule has 2 bridgehead atoms. The largest absolute Gasteiger partial charge is 0.299 e. The number of hydrogen-bond donors (Lipinski definition) is 0. The average Bonchev–Trinajstić information content (AvgIpc) is 2.41. The van der Waals surface area contributed by atoms with Gasteiger partial charge in [0.25, 0.3) is 0 Å². The zero-order valence-electron chi connectivity index (χ0n) is 11.1. The van der Waals surface area contributed by atoms with Crippen LogP contribution in [0.15, 0.2) is 0 Å². The summed E-state index contributed by atoms with van der Waals surface area (Å²) in [6.07, 6.45) is 5.09. The third-order valence-electron chi connectivity index (χ3n) is 5.94. The number of fused-ring (bicyclic) bond motifs is 1. The van der Waals surface area contributed by atoms with Gasteiger partial charge in [-0.25, -0.2) is 0 Å². The first-order valence-corrected chi connectivity index (χ1v) is 6.87. The van der Waals surface area contributed by atoms with E-state index in [9.17, 15) is 9.59 Å². The van der Waals surface area contributed by atoms with Crippen molar-refractivity contribution in [3.05, 3.63) is 0 Å². The van der Waals surface area contributed by atoms with Gasteiger partial charge in [-0.3, -0.25) is 9.59 Å². The van der Waals surface area contributed by atoms with Gasteiger partial charge in [0.05, 0.1) is 0 Å². The standard InChI is InChI=1S/C15H22O2/c1-13(2)8-12(17)15-7-5-11(16)14(3,9-15)6-4-10(13)15/h10H,4-9H2,1-3H3/t10-,14-,15-/m0/s1. The zero-order valence-corrected chi connectivity index (χ0v) is 11.1. The van der Waals surface area contributed by atoms with Gasteiger partial charge in [0, 0.05) is 23.7 Å². The van der Waals surface area contributed by atoms with Gasteiger partial charge >= 0.3 is 0 Å². The van der Waals surface area contributed by atoms with Crippen molar-refractivity contribution < 1.29 is 9.59 Å². The van der Waals surface area contributed by atoms with Gasteiger partial charge in [0.1, 0.15) is 11.6 Å². The van der Waals surface area contributed by atoms with E-state index in [2.05, 4.69) is 20.8 Å². The topological polar surface area (TPSA) is 34.1 Å². The highest BCUT2D eigenvalue weighted by Gasteiger charge is 2.64. The van der Waals surface area contributed by atoms with Crippen LogP contribution in [-0.2, 0) is 9.59 Å². The monoisotopic (exact) mass is 234 g/mol. The van der Waals surface area contributed by atoms with Crippen molar-refractivity contribution in [2.24, 2.45) is 22.2 Å². The maximum absolute atomic E-state index is 12.5. The molecular weight excluding hydrogens is 212 g/mol. The van der Waals surface area contributed by atoms with Crippen molar-refractivity contribution in [1.82, 2.24) is 0 Å². The summed E-state index contributed by atoms with van der Waals surface area (Å²) in [4.78, 5) is 24.6. The van der Waals surface area contributed by atoms with Gasteiger partial charge in [-0.05, 0) is 37.0 Å². The lowest BCUT2D eigenvalue weighted by molar-refractivity contribution is -0.149. The number of carbonyl (C=O) groups is 2. The van der Waals surface area contributed by atoms with Gasteiger partial charge < -0.3 is 0 Å². The van der Waals surface area contributed by atoms with E-state index in [1.165, 1.54) is 0 Å². The van der Waals surface area contributed by atoms with Crippen LogP contribution in [0.3, 0.4) is 0 Å². The van der Waals surface area contributed by atoms with E-state index in [-0.39, 0.29) is 16.2 Å². The van der Waals surface area contributed by atoms with E-state index in [0.29, 0.717) is 23.9 Å². The molecule has 2 nitrogen and oxygen atoms in total. The average molecular weight is 234 g/mol. The van der Waals surface area contributed by atoms with Crippen LogP contribution in [0.1, 0.15) is 59.3 Å². The summed E-state index contributed by atoms with van der Waals surface area (Å²) >= 11 is 0. The molecule has 0 unspecified atom stereocenters. The zero-order chi connectivity index (χ0) is 12.5. The van der Waals surface area contributed by atoms with Crippen LogP contribution in [-0.4, -0.2) is 11.6 Å². The van der Waals surface area contributed by atoms with Crippen molar-refractivity contribution in [1.29, 1.82) is 0 Å². The fourth-order valence-electron chi connectivity index (χ4n) is 5.07. The number of ketones is 2. The second-order valence-corrected chi connectivity index (χ2v) is 7.50. The predicted molar refractivity (Wildman–Crippen MR) is 65.5 cm³/mol. The maximum atomic E-state index is 12.5. The van der Waals surface area contributed by atoms with E-state index in [0.717, 1.165) is 32.1 Å². The summed E-state index contributed by atoms with van der Waals surface area (Å²) in [5, 5.41) is 0. The molecule has 3 saturated carbocycles. The van der Waals surface area contributed by atoms with Crippen molar-refractivity contribution >= 4 is 11.6 Å². The van der Waals surface area contributed by atoms with Crippen molar-refractivity contribution in [2.45, 2.75) is 59.3 Å². The highest BCUT2D eigenvalue weighted by molar-refractivity contribution is 5.94. The second kappa shape index (κ2) is 3.02. The second-order valence-electron chi connectivity index (χ2n) is 7.50. The van der Waals surface area contributed by atoms with Crippen LogP contribution < -0.4 is 0 Å². The minimum Gasteiger partial charge on any atom is -0.299 e. The predicted octanol–water partition coefficient (Wildman–Crippen LogP) is 3.14. The lowest BCUT2D eigenvalue weighted by Crippen LogP contribution is -2.51. The Morgan fingerprint density at radius 3 is 2.47 bits per heavy atom. The Kier molecular flexibility index (Phi) is 2.03. The summed E-state index contributed by atoms with van der Waals surface area (Å²) in [7, 11) is 0. The van der Waals surface area contributed by atoms with Gasteiger partial charge in [0.2, 0.25) is 0 Å². The minimum atomic E-state index is -0.190. The first-order valence-electron chi connectivity index (χ1n) is 6.87. The molecule has 0 heterocycles. The number of hydrogen-bond acceptors (Lipinski definition) is 2. The molecule has 1 spiro atoms. The number of rotatable bonds is 0. The van der Waals surface area contributed by atoms with E-state index in [4.69, 9.17) is 0 Å². The molecule has 0 aliphatic heterocycles. The Labute approximate surface area is 103 Å². The Bertz CT molecular complexity index is 409. The van der Waals surface area contributed by atoms with Crippen LogP contribution in [0, 0.1) is 22.2 Å². The fourth-order valence-corrected chi connectivity index (χ4v) is 5.07. The van der Waals surface area contributed by atoms with Crippen molar-refractivity contribution in [3.8, 4) is 0 Å². The van der Waals surface area contributed by atoms with Crippen molar-refractivity contribution in [2.75, 3.05) is 0 Å². The summed E-state index contributed by atoms with van der Waals surface area (Å²) in [6.45, 7) is 6.57. The molecule has 3 rings (SSSR count). The third kappa shape index (κ3) is 1.27. The van der Waals surface area contributed by atoms with E-state index in [1.807, 2.05) is 0 Å². The Morgan fingerprint density at radius 2 is 1.76 bits per heavy atom. The first-order chi connectivity index (χ1) is 7.80. The summed E-state index contributed by atoms with van der Waals surface area (Å²) in [5.41, 5.74) is -0.173. The van der Waals surface area contributed by atoms with Crippen LogP contribution in [0.25, 0.3) is 0 Å². The van der Waals surface area contributed by atoms with Crippen LogP contribution in [0.5, 0.6) is 0 Å². The SMILES string of the molecule is CC1(C)CC(=O)[C@]23CCC(=O)[C@@](C)(CC[C@@H]12)C3. The normalized spacial score (nSPS) is 48.1. The molecule has 3 aliphatic carbocycles. The van der Waals surface area contributed by atoms with E-state index in [1.54, 1.807) is 0 Å². The molecule has 2 heteroatoms. The van der Waals surface area contributed by atoms with Gasteiger partial charge in [-0.1, -0.05) is 20.8 Å². The highest BCUT2D eigenvalue weighted by Crippen LogP contribution is 2.66. The maximum Gasteiger partial charge on any atom is 0.139 e. The minimum absolute atomic E-state index is 0.135. The molecular formula is C15H22O2. The number of carbonyl (C=O) groups excluding carboxylic acids is 2. The molecule has 3 aliphatic rings. The summed E-state index contributed by atoms with van der Waals surface area (Å²) in [6, 6.07) is 0. The van der Waals surface area contributed by atoms with Crippen molar-refractivity contribution in [3.63, 3.8) is 0 Å².